The van der Waals surface area contributed by atoms with Crippen LogP contribution < -0.4 is 5.32 Å². The molecule has 2 aromatic carbocycles. The highest BCUT2D eigenvalue weighted by Crippen LogP contribution is 2.29. The number of carbonyl (C=O) groups is 1. The van der Waals surface area contributed by atoms with Crippen LogP contribution in [-0.4, -0.2) is 15.3 Å². The zero-order valence-corrected chi connectivity index (χ0v) is 17.1. The molecule has 0 bridgehead atoms. The van der Waals surface area contributed by atoms with Crippen molar-refractivity contribution in [1.82, 2.24) is 9.38 Å². The molecule has 0 saturated carbocycles. The van der Waals surface area contributed by atoms with Crippen LogP contribution in [0.4, 0.5) is 5.69 Å². The number of carbonyl (C=O) groups excluding carboxylic acids is 1. The molecule has 142 valence electrons. The van der Waals surface area contributed by atoms with Gasteiger partial charge in [0.1, 0.15) is 0 Å². The molecule has 0 saturated heterocycles. The summed E-state index contributed by atoms with van der Waals surface area (Å²) in [5, 5.41) is 5.10. The van der Waals surface area contributed by atoms with Crippen LogP contribution >= 0.6 is 11.3 Å². The second kappa shape index (κ2) is 7.24. The largest absolute Gasteiger partial charge is 0.325 e. The van der Waals surface area contributed by atoms with Gasteiger partial charge in [0.05, 0.1) is 12.1 Å². The Labute approximate surface area is 168 Å². The highest BCUT2D eigenvalue weighted by atomic mass is 32.1. The van der Waals surface area contributed by atoms with Gasteiger partial charge in [-0.15, -0.1) is 11.3 Å². The van der Waals surface area contributed by atoms with E-state index < -0.39 is 0 Å². The standard InChI is InChI=1S/C23H23N3OS/c1-23(2,3)18-11-7-8-12-19(18)24-21(27)13-17-15-28-22-25-20(14-26(17)22)16-9-5-4-6-10-16/h4-12,14-15H,13H2,1-3H3,(H,24,27). The molecule has 1 amide bonds. The molecule has 0 spiro atoms. The Morgan fingerprint density at radius 2 is 1.79 bits per heavy atom. The number of hydrogen-bond acceptors (Lipinski definition) is 3. The summed E-state index contributed by atoms with van der Waals surface area (Å²) in [6.07, 6.45) is 2.32. The average molecular weight is 390 g/mol. The topological polar surface area (TPSA) is 46.4 Å². The van der Waals surface area contributed by atoms with Gasteiger partial charge >= 0.3 is 0 Å². The van der Waals surface area contributed by atoms with E-state index in [-0.39, 0.29) is 11.3 Å². The van der Waals surface area contributed by atoms with Crippen molar-refractivity contribution in [3.63, 3.8) is 0 Å². The van der Waals surface area contributed by atoms with Crippen LogP contribution in [0.5, 0.6) is 0 Å². The number of para-hydroxylation sites is 1. The number of rotatable bonds is 4. The summed E-state index contributed by atoms with van der Waals surface area (Å²) < 4.78 is 2.02. The van der Waals surface area contributed by atoms with Crippen LogP contribution in [0.1, 0.15) is 32.0 Å². The van der Waals surface area contributed by atoms with Gasteiger partial charge in [-0.25, -0.2) is 4.98 Å². The minimum absolute atomic E-state index is 0.0219. The van der Waals surface area contributed by atoms with Gasteiger partial charge in [0.2, 0.25) is 5.91 Å². The molecule has 0 aliphatic rings. The molecule has 0 aliphatic heterocycles. The van der Waals surface area contributed by atoms with E-state index in [4.69, 9.17) is 4.98 Å². The van der Waals surface area contributed by atoms with Crippen molar-refractivity contribution in [2.45, 2.75) is 32.6 Å². The fourth-order valence-electron chi connectivity index (χ4n) is 3.31. The lowest BCUT2D eigenvalue weighted by Gasteiger charge is -2.23. The normalized spacial score (nSPS) is 11.7. The number of benzene rings is 2. The van der Waals surface area contributed by atoms with Crippen molar-refractivity contribution in [3.05, 3.63) is 77.4 Å². The number of imidazole rings is 1. The molecule has 5 heteroatoms. The zero-order chi connectivity index (χ0) is 19.7. The third kappa shape index (κ3) is 3.71. The Hall–Kier alpha value is -2.92. The first-order chi connectivity index (χ1) is 13.4. The summed E-state index contributed by atoms with van der Waals surface area (Å²) in [5.74, 6) is -0.0219. The molecular formula is C23H23N3OS. The summed E-state index contributed by atoms with van der Waals surface area (Å²) in [6.45, 7) is 6.45. The SMILES string of the molecule is CC(C)(C)c1ccccc1NC(=O)Cc1csc2nc(-c3ccccc3)cn12. The maximum absolute atomic E-state index is 12.7. The summed E-state index contributed by atoms with van der Waals surface area (Å²) >= 11 is 1.56. The van der Waals surface area contributed by atoms with Crippen molar-refractivity contribution in [3.8, 4) is 11.3 Å². The number of amides is 1. The Bertz CT molecular complexity index is 1120. The second-order valence-electron chi connectivity index (χ2n) is 7.89. The molecule has 4 rings (SSSR count). The van der Waals surface area contributed by atoms with Gasteiger partial charge in [-0.05, 0) is 17.0 Å². The Balaban J connectivity index is 1.56. The summed E-state index contributed by atoms with van der Waals surface area (Å²) in [7, 11) is 0. The predicted molar refractivity (Wildman–Crippen MR) is 116 cm³/mol. The molecule has 0 unspecified atom stereocenters. The minimum atomic E-state index is -0.0333. The molecule has 28 heavy (non-hydrogen) atoms. The molecule has 4 nitrogen and oxygen atoms in total. The fourth-order valence-corrected chi connectivity index (χ4v) is 4.18. The fraction of sp³-hybridized carbons (Fsp3) is 0.217. The number of nitrogens with one attached hydrogen (secondary N) is 1. The number of hydrogen-bond donors (Lipinski definition) is 1. The van der Waals surface area contributed by atoms with Crippen LogP contribution in [0.2, 0.25) is 0 Å². The van der Waals surface area contributed by atoms with Gasteiger partial charge in [-0.2, -0.15) is 0 Å². The van der Waals surface area contributed by atoms with Gasteiger partial charge in [0, 0.05) is 28.5 Å². The molecule has 2 heterocycles. The Kier molecular flexibility index (Phi) is 4.77. The van der Waals surface area contributed by atoms with Gasteiger partial charge < -0.3 is 5.32 Å². The molecule has 4 aromatic rings. The summed E-state index contributed by atoms with van der Waals surface area (Å²) in [6, 6.07) is 18.1. The Morgan fingerprint density at radius 1 is 1.07 bits per heavy atom. The summed E-state index contributed by atoms with van der Waals surface area (Å²) in [4.78, 5) is 18.3. The second-order valence-corrected chi connectivity index (χ2v) is 8.73. The van der Waals surface area contributed by atoms with E-state index in [1.165, 1.54) is 0 Å². The van der Waals surface area contributed by atoms with E-state index in [1.54, 1.807) is 11.3 Å². The van der Waals surface area contributed by atoms with Crippen LogP contribution in [0.25, 0.3) is 16.2 Å². The molecule has 2 aromatic heterocycles. The monoisotopic (exact) mass is 389 g/mol. The quantitative estimate of drug-likeness (QED) is 0.498. The highest BCUT2D eigenvalue weighted by molar-refractivity contribution is 7.15. The lowest BCUT2D eigenvalue weighted by Crippen LogP contribution is -2.20. The van der Waals surface area contributed by atoms with Gasteiger partial charge in [0.15, 0.2) is 4.96 Å². The van der Waals surface area contributed by atoms with Crippen molar-refractivity contribution in [2.75, 3.05) is 5.32 Å². The van der Waals surface area contributed by atoms with Crippen molar-refractivity contribution in [1.29, 1.82) is 0 Å². The average Bonchev–Trinajstić information content (AvgIpc) is 3.24. The van der Waals surface area contributed by atoms with Gasteiger partial charge in [-0.3, -0.25) is 9.20 Å². The van der Waals surface area contributed by atoms with E-state index in [0.717, 1.165) is 33.2 Å². The zero-order valence-electron chi connectivity index (χ0n) is 16.3. The van der Waals surface area contributed by atoms with E-state index in [2.05, 4.69) is 32.2 Å². The van der Waals surface area contributed by atoms with Gasteiger partial charge in [-0.1, -0.05) is 69.3 Å². The van der Waals surface area contributed by atoms with Gasteiger partial charge in [0.25, 0.3) is 0 Å². The van der Waals surface area contributed by atoms with Crippen LogP contribution in [-0.2, 0) is 16.6 Å². The molecule has 1 N–H and O–H groups in total. The first-order valence-corrected chi connectivity index (χ1v) is 10.2. The first-order valence-electron chi connectivity index (χ1n) is 9.32. The van der Waals surface area contributed by atoms with E-state index >= 15 is 0 Å². The summed E-state index contributed by atoms with van der Waals surface area (Å²) in [5.41, 5.74) is 4.92. The predicted octanol–water partition coefficient (Wildman–Crippen LogP) is 5.54. The molecule has 0 aliphatic carbocycles. The van der Waals surface area contributed by atoms with E-state index in [9.17, 15) is 4.79 Å². The molecule has 0 atom stereocenters. The third-order valence-corrected chi connectivity index (χ3v) is 5.59. The smallest absolute Gasteiger partial charge is 0.230 e. The number of thiazole rings is 1. The number of nitrogens with zero attached hydrogens (tertiary/aromatic N) is 2. The maximum Gasteiger partial charge on any atom is 0.230 e. The minimum Gasteiger partial charge on any atom is -0.325 e. The first kappa shape index (κ1) is 18.4. The third-order valence-electron chi connectivity index (χ3n) is 4.70. The maximum atomic E-state index is 12.7. The van der Waals surface area contributed by atoms with E-state index in [0.29, 0.717) is 6.42 Å². The molecular weight excluding hydrogens is 366 g/mol. The van der Waals surface area contributed by atoms with Crippen molar-refractivity contribution in [2.24, 2.45) is 0 Å². The number of anilines is 1. The van der Waals surface area contributed by atoms with Crippen molar-refractivity contribution >= 4 is 27.9 Å². The number of fused-ring (bicyclic) bond motifs is 1. The number of aromatic nitrogens is 2. The lowest BCUT2D eigenvalue weighted by atomic mass is 9.86. The van der Waals surface area contributed by atoms with Crippen LogP contribution in [0.15, 0.2) is 66.2 Å². The van der Waals surface area contributed by atoms with Crippen LogP contribution in [0, 0.1) is 0 Å². The Morgan fingerprint density at radius 3 is 2.54 bits per heavy atom. The lowest BCUT2D eigenvalue weighted by molar-refractivity contribution is -0.115. The van der Waals surface area contributed by atoms with Crippen LogP contribution in [0.3, 0.4) is 0 Å². The van der Waals surface area contributed by atoms with Crippen molar-refractivity contribution < 1.29 is 4.79 Å². The molecule has 0 fully saturated rings. The highest BCUT2D eigenvalue weighted by Gasteiger charge is 2.19. The van der Waals surface area contributed by atoms with E-state index in [1.807, 2.05) is 64.5 Å². The molecule has 0 radical (unpaired) electrons.